The van der Waals surface area contributed by atoms with Crippen molar-refractivity contribution in [2.45, 2.75) is 20.8 Å². The summed E-state index contributed by atoms with van der Waals surface area (Å²) < 4.78 is 15.7. The third kappa shape index (κ3) is 6.71. The van der Waals surface area contributed by atoms with Gasteiger partial charge in [0.05, 0.1) is 0 Å². The first-order valence-electron chi connectivity index (χ1n) is 9.21. The molecular weight excluding hydrogens is 398 g/mol. The highest BCUT2D eigenvalue weighted by molar-refractivity contribution is 5.91. The van der Waals surface area contributed by atoms with Crippen molar-refractivity contribution >= 4 is 29.3 Å². The lowest BCUT2D eigenvalue weighted by Crippen LogP contribution is -2.13. The first kappa shape index (κ1) is 23.2. The van der Waals surface area contributed by atoms with Gasteiger partial charge in [-0.3, -0.25) is 0 Å². The van der Waals surface area contributed by atoms with Crippen LogP contribution in [0, 0.1) is 0 Å². The van der Waals surface area contributed by atoms with E-state index in [0.717, 1.165) is 0 Å². The second-order valence-corrected chi connectivity index (χ2v) is 6.82. The van der Waals surface area contributed by atoms with Gasteiger partial charge in [-0.2, -0.15) is 0 Å². The highest BCUT2D eigenvalue weighted by Crippen LogP contribution is 2.33. The van der Waals surface area contributed by atoms with Gasteiger partial charge in [-0.05, 0) is 57.2 Å². The highest BCUT2D eigenvalue weighted by atomic mass is 16.6. The molecule has 0 saturated heterocycles. The predicted octanol–water partition coefficient (Wildman–Crippen LogP) is 4.87. The second kappa shape index (κ2) is 10.1. The Bertz CT molecular complexity index is 1070. The third-order valence-electron chi connectivity index (χ3n) is 3.75. The van der Waals surface area contributed by atoms with E-state index in [1.54, 1.807) is 37.3 Å². The van der Waals surface area contributed by atoms with Gasteiger partial charge in [0.25, 0.3) is 0 Å². The van der Waals surface area contributed by atoms with Gasteiger partial charge in [0, 0.05) is 34.2 Å². The van der Waals surface area contributed by atoms with E-state index >= 15 is 0 Å². The van der Waals surface area contributed by atoms with Crippen LogP contribution in [0.3, 0.4) is 0 Å². The molecule has 0 aliphatic carbocycles. The summed E-state index contributed by atoms with van der Waals surface area (Å²) in [7, 11) is 0. The average Bonchev–Trinajstić information content (AvgIpc) is 2.70. The van der Waals surface area contributed by atoms with Crippen molar-refractivity contribution in [1.29, 1.82) is 0 Å². The summed E-state index contributed by atoms with van der Waals surface area (Å²) in [6.07, 6.45) is 0. The smallest absolute Gasteiger partial charge is 0.338 e. The topological polar surface area (TPSA) is 90.9 Å². The molecule has 0 fully saturated rings. The molecule has 0 aliphatic rings. The summed E-state index contributed by atoms with van der Waals surface area (Å²) in [5.74, 6) is -1.34. The molecule has 0 saturated carbocycles. The van der Waals surface area contributed by atoms with E-state index < -0.39 is 17.9 Å². The van der Waals surface area contributed by atoms with E-state index in [2.05, 4.69) is 25.1 Å². The van der Waals surface area contributed by atoms with Crippen LogP contribution in [0.5, 0.6) is 17.2 Å². The Morgan fingerprint density at radius 1 is 0.645 bits per heavy atom. The lowest BCUT2D eigenvalue weighted by molar-refractivity contribution is -0.132. The Hall–Kier alpha value is -4.13. The normalized spacial score (nSPS) is 9.90. The minimum atomic E-state index is -0.659. The predicted molar refractivity (Wildman–Crippen MR) is 118 cm³/mol. The van der Waals surface area contributed by atoms with Gasteiger partial charge in [0.2, 0.25) is 0 Å². The minimum absolute atomic E-state index is 0.0413. The van der Waals surface area contributed by atoms with E-state index in [1.165, 1.54) is 26.0 Å². The van der Waals surface area contributed by atoms with Gasteiger partial charge >= 0.3 is 17.9 Å². The first-order chi connectivity index (χ1) is 14.6. The standard InChI is InChI=1S/C24H23NO6/c1-14(2)22(26)29-19-10-7-17(8-11-19)25-18-9-12-20(30-23(27)15(3)4)21(13-18)31-24(28)16(5)6/h7-13,25H,1,3,5H2,2,4,6H3. The lowest BCUT2D eigenvalue weighted by Gasteiger charge is -2.13. The fourth-order valence-electron chi connectivity index (χ4n) is 2.09. The number of rotatable bonds is 8. The molecule has 0 aliphatic heterocycles. The molecule has 7 heteroatoms. The number of hydrogen-bond acceptors (Lipinski definition) is 7. The summed E-state index contributed by atoms with van der Waals surface area (Å²) in [4.78, 5) is 35.4. The van der Waals surface area contributed by atoms with Crippen LogP contribution in [0.2, 0.25) is 0 Å². The molecule has 0 spiro atoms. The maximum Gasteiger partial charge on any atom is 0.338 e. The number of nitrogens with one attached hydrogen (secondary N) is 1. The monoisotopic (exact) mass is 421 g/mol. The minimum Gasteiger partial charge on any atom is -0.423 e. The quantitative estimate of drug-likeness (QED) is 0.369. The number of benzene rings is 2. The van der Waals surface area contributed by atoms with E-state index in [9.17, 15) is 14.4 Å². The molecule has 7 nitrogen and oxygen atoms in total. The number of anilines is 2. The maximum absolute atomic E-state index is 12.0. The molecule has 0 atom stereocenters. The molecular formula is C24H23NO6. The van der Waals surface area contributed by atoms with Crippen LogP contribution in [0.15, 0.2) is 78.9 Å². The molecule has 2 aromatic rings. The molecule has 0 aromatic heterocycles. The van der Waals surface area contributed by atoms with Gasteiger partial charge in [0.1, 0.15) is 5.75 Å². The van der Waals surface area contributed by atoms with Crippen LogP contribution >= 0.6 is 0 Å². The Balaban J connectivity index is 2.24. The van der Waals surface area contributed by atoms with Crippen molar-refractivity contribution < 1.29 is 28.6 Å². The Labute approximate surface area is 180 Å². The van der Waals surface area contributed by atoms with Crippen LogP contribution < -0.4 is 19.5 Å². The van der Waals surface area contributed by atoms with Crippen LogP contribution in [0.25, 0.3) is 0 Å². The van der Waals surface area contributed by atoms with Gasteiger partial charge < -0.3 is 19.5 Å². The van der Waals surface area contributed by atoms with Crippen molar-refractivity contribution in [2.75, 3.05) is 5.32 Å². The van der Waals surface area contributed by atoms with Crippen molar-refractivity contribution in [3.8, 4) is 17.2 Å². The fraction of sp³-hybridized carbons (Fsp3) is 0.125. The third-order valence-corrected chi connectivity index (χ3v) is 3.75. The van der Waals surface area contributed by atoms with Crippen molar-refractivity contribution in [1.82, 2.24) is 0 Å². The molecule has 1 N–H and O–H groups in total. The number of esters is 3. The summed E-state index contributed by atoms with van der Waals surface area (Å²) in [6.45, 7) is 15.2. The van der Waals surface area contributed by atoms with E-state index in [1.807, 2.05) is 0 Å². The first-order valence-corrected chi connectivity index (χ1v) is 9.21. The number of carbonyl (C=O) groups is 3. The van der Waals surface area contributed by atoms with Gasteiger partial charge in [-0.15, -0.1) is 0 Å². The zero-order valence-electron chi connectivity index (χ0n) is 17.6. The summed E-state index contributed by atoms with van der Waals surface area (Å²) >= 11 is 0. The Morgan fingerprint density at radius 3 is 1.61 bits per heavy atom. The van der Waals surface area contributed by atoms with E-state index in [0.29, 0.717) is 22.7 Å². The molecule has 0 unspecified atom stereocenters. The van der Waals surface area contributed by atoms with Crippen LogP contribution in [-0.4, -0.2) is 17.9 Å². The van der Waals surface area contributed by atoms with Gasteiger partial charge in [-0.1, -0.05) is 19.7 Å². The zero-order chi connectivity index (χ0) is 23.1. The average molecular weight is 421 g/mol. The molecule has 2 rings (SSSR count). The van der Waals surface area contributed by atoms with Crippen molar-refractivity contribution in [3.63, 3.8) is 0 Å². The second-order valence-electron chi connectivity index (χ2n) is 6.82. The Morgan fingerprint density at radius 2 is 1.10 bits per heavy atom. The Kier molecular flexibility index (Phi) is 7.52. The van der Waals surface area contributed by atoms with Crippen LogP contribution in [0.1, 0.15) is 20.8 Å². The summed E-state index contributed by atoms with van der Waals surface area (Å²) in [5, 5.41) is 3.12. The summed E-state index contributed by atoms with van der Waals surface area (Å²) in [6, 6.07) is 11.3. The molecule has 0 amide bonds. The van der Waals surface area contributed by atoms with Crippen LogP contribution in [-0.2, 0) is 14.4 Å². The van der Waals surface area contributed by atoms with Gasteiger partial charge in [-0.25, -0.2) is 14.4 Å². The maximum atomic E-state index is 12.0. The van der Waals surface area contributed by atoms with Crippen molar-refractivity contribution in [2.24, 2.45) is 0 Å². The number of ether oxygens (including phenoxy) is 3. The molecule has 0 radical (unpaired) electrons. The summed E-state index contributed by atoms with van der Waals surface area (Å²) in [5.41, 5.74) is 1.93. The molecule has 2 aromatic carbocycles. The van der Waals surface area contributed by atoms with Crippen LogP contribution in [0.4, 0.5) is 11.4 Å². The zero-order valence-corrected chi connectivity index (χ0v) is 17.6. The van der Waals surface area contributed by atoms with E-state index in [-0.39, 0.29) is 22.6 Å². The molecule has 160 valence electrons. The SMILES string of the molecule is C=C(C)C(=O)Oc1ccc(Nc2ccc(OC(=O)C(=C)C)c(OC(=O)C(=C)C)c2)cc1. The van der Waals surface area contributed by atoms with Gasteiger partial charge in [0.15, 0.2) is 11.5 Å². The molecule has 31 heavy (non-hydrogen) atoms. The molecule has 0 bridgehead atoms. The highest BCUT2D eigenvalue weighted by Gasteiger charge is 2.16. The fourth-order valence-corrected chi connectivity index (χ4v) is 2.09. The number of hydrogen-bond donors (Lipinski definition) is 1. The van der Waals surface area contributed by atoms with E-state index in [4.69, 9.17) is 14.2 Å². The van der Waals surface area contributed by atoms with Crippen molar-refractivity contribution in [3.05, 3.63) is 78.9 Å². The largest absolute Gasteiger partial charge is 0.423 e. The molecule has 0 heterocycles. The number of carbonyl (C=O) groups excluding carboxylic acids is 3. The lowest BCUT2D eigenvalue weighted by atomic mass is 10.2.